The van der Waals surface area contributed by atoms with Gasteiger partial charge in [-0.1, -0.05) is 18.2 Å². The van der Waals surface area contributed by atoms with Crippen molar-refractivity contribution in [2.75, 3.05) is 31.2 Å². The topological polar surface area (TPSA) is 74.7 Å². The summed E-state index contributed by atoms with van der Waals surface area (Å²) in [6, 6.07) is 13.8. The van der Waals surface area contributed by atoms with Gasteiger partial charge in [-0.3, -0.25) is 10.1 Å². The lowest BCUT2D eigenvalue weighted by Crippen LogP contribution is -2.55. The van der Waals surface area contributed by atoms with E-state index in [4.69, 9.17) is 4.74 Å². The number of carbonyl (C=O) groups excluding carboxylic acids is 1. The predicted molar refractivity (Wildman–Crippen MR) is 106 cm³/mol. The Morgan fingerprint density at radius 2 is 1.93 bits per heavy atom. The summed E-state index contributed by atoms with van der Waals surface area (Å²) in [5.74, 6) is 0.0141. The van der Waals surface area contributed by atoms with E-state index < -0.39 is 11.8 Å². The van der Waals surface area contributed by atoms with E-state index in [0.717, 1.165) is 37.6 Å². The molecule has 2 N–H and O–H groups in total. The van der Waals surface area contributed by atoms with Gasteiger partial charge < -0.3 is 14.7 Å². The van der Waals surface area contributed by atoms with Crippen molar-refractivity contribution in [2.45, 2.75) is 24.6 Å². The number of carbonyl (C=O) groups is 1. The van der Waals surface area contributed by atoms with Crippen molar-refractivity contribution in [3.05, 3.63) is 58.3 Å². The standard InChI is InChI=1S/C20H22BrN3O3/c21-18-3-1-2-17(22-18)20(13-16(25)12-19(26)23-20)14-4-6-15(7-5-14)24-8-10-27-11-9-24/h1-7,19,23,26H,8-13H2. The van der Waals surface area contributed by atoms with Crippen molar-refractivity contribution in [1.29, 1.82) is 0 Å². The Bertz CT molecular complexity index is 823. The number of rotatable bonds is 3. The summed E-state index contributed by atoms with van der Waals surface area (Å²) in [7, 11) is 0. The summed E-state index contributed by atoms with van der Waals surface area (Å²) in [4.78, 5) is 19.2. The summed E-state index contributed by atoms with van der Waals surface area (Å²) in [6.07, 6.45) is -0.530. The Morgan fingerprint density at radius 1 is 1.19 bits per heavy atom. The molecule has 1 aromatic carbocycles. The van der Waals surface area contributed by atoms with Crippen LogP contribution in [0.3, 0.4) is 0 Å². The number of morpholine rings is 1. The van der Waals surface area contributed by atoms with Crippen LogP contribution in [0.1, 0.15) is 24.1 Å². The quantitative estimate of drug-likeness (QED) is 0.725. The lowest BCUT2D eigenvalue weighted by atomic mass is 9.78. The maximum atomic E-state index is 12.4. The van der Waals surface area contributed by atoms with Crippen molar-refractivity contribution in [1.82, 2.24) is 10.3 Å². The number of Topliss-reactive ketones (excluding diaryl/α,β-unsaturated/α-hetero) is 1. The molecule has 2 aromatic rings. The number of aliphatic hydroxyl groups is 1. The van der Waals surface area contributed by atoms with Crippen LogP contribution in [-0.2, 0) is 15.1 Å². The van der Waals surface area contributed by atoms with Gasteiger partial charge in [-0.15, -0.1) is 0 Å². The zero-order valence-electron chi connectivity index (χ0n) is 14.9. The number of hydrogen-bond donors (Lipinski definition) is 2. The number of pyridine rings is 1. The van der Waals surface area contributed by atoms with Crippen LogP contribution in [0.2, 0.25) is 0 Å². The van der Waals surface area contributed by atoms with E-state index in [0.29, 0.717) is 10.3 Å². The SMILES string of the molecule is O=C1CC(O)NC(c2ccc(N3CCOCC3)cc2)(c2cccc(Br)n2)C1. The Kier molecular flexibility index (Phi) is 5.27. The number of aliphatic hydroxyl groups excluding tert-OH is 1. The molecule has 0 amide bonds. The molecule has 0 bridgehead atoms. The number of halogens is 1. The van der Waals surface area contributed by atoms with Gasteiger partial charge in [-0.2, -0.15) is 0 Å². The second-order valence-electron chi connectivity index (χ2n) is 6.98. The van der Waals surface area contributed by atoms with Gasteiger partial charge in [-0.25, -0.2) is 4.98 Å². The third-order valence-corrected chi connectivity index (χ3v) is 5.63. The van der Waals surface area contributed by atoms with Crippen LogP contribution in [0.5, 0.6) is 0 Å². The maximum absolute atomic E-state index is 12.4. The van der Waals surface area contributed by atoms with Crippen molar-refractivity contribution in [2.24, 2.45) is 0 Å². The highest BCUT2D eigenvalue weighted by molar-refractivity contribution is 9.10. The molecule has 2 fully saturated rings. The molecule has 2 aliphatic rings. The number of ketones is 1. The van der Waals surface area contributed by atoms with Gasteiger partial charge in [0, 0.05) is 31.6 Å². The number of ether oxygens (including phenoxy) is 1. The average molecular weight is 432 g/mol. The smallest absolute Gasteiger partial charge is 0.139 e. The first kappa shape index (κ1) is 18.6. The zero-order valence-corrected chi connectivity index (χ0v) is 16.5. The summed E-state index contributed by atoms with van der Waals surface area (Å²) in [6.45, 7) is 3.20. The van der Waals surface area contributed by atoms with Crippen molar-refractivity contribution in [3.63, 3.8) is 0 Å². The Morgan fingerprint density at radius 3 is 2.59 bits per heavy atom. The van der Waals surface area contributed by atoms with E-state index >= 15 is 0 Å². The summed E-state index contributed by atoms with van der Waals surface area (Å²) >= 11 is 3.41. The number of benzene rings is 1. The van der Waals surface area contributed by atoms with Crippen LogP contribution >= 0.6 is 15.9 Å². The molecule has 6 nitrogen and oxygen atoms in total. The normalized spacial score (nSPS) is 26.2. The van der Waals surface area contributed by atoms with Gasteiger partial charge >= 0.3 is 0 Å². The first-order chi connectivity index (χ1) is 13.1. The van der Waals surface area contributed by atoms with Gasteiger partial charge in [0.15, 0.2) is 0 Å². The minimum atomic E-state index is -0.897. The summed E-state index contributed by atoms with van der Waals surface area (Å²) in [5, 5.41) is 13.5. The number of anilines is 1. The maximum Gasteiger partial charge on any atom is 0.139 e. The molecule has 3 heterocycles. The predicted octanol–water partition coefficient (Wildman–Crippen LogP) is 2.20. The van der Waals surface area contributed by atoms with E-state index in [2.05, 4.69) is 43.3 Å². The van der Waals surface area contributed by atoms with Crippen molar-refractivity contribution < 1.29 is 14.6 Å². The lowest BCUT2D eigenvalue weighted by Gasteiger charge is -2.40. The molecule has 27 heavy (non-hydrogen) atoms. The molecule has 1 aromatic heterocycles. The fraction of sp³-hybridized carbons (Fsp3) is 0.400. The molecule has 2 aliphatic heterocycles. The van der Waals surface area contributed by atoms with Crippen LogP contribution in [0.4, 0.5) is 5.69 Å². The number of nitrogens with one attached hydrogen (secondary N) is 1. The summed E-state index contributed by atoms with van der Waals surface area (Å²) < 4.78 is 6.11. The van der Waals surface area contributed by atoms with Gasteiger partial charge in [0.25, 0.3) is 0 Å². The lowest BCUT2D eigenvalue weighted by molar-refractivity contribution is -0.126. The molecule has 2 unspecified atom stereocenters. The van der Waals surface area contributed by atoms with Crippen LogP contribution < -0.4 is 10.2 Å². The van der Waals surface area contributed by atoms with Crippen molar-refractivity contribution >= 4 is 27.4 Å². The Balaban J connectivity index is 1.73. The molecule has 4 rings (SSSR count). The molecule has 0 spiro atoms. The van der Waals surface area contributed by atoms with Crippen LogP contribution in [0.25, 0.3) is 0 Å². The zero-order chi connectivity index (χ0) is 18.9. The van der Waals surface area contributed by atoms with Crippen LogP contribution in [0.15, 0.2) is 47.1 Å². The first-order valence-corrected chi connectivity index (χ1v) is 9.90. The van der Waals surface area contributed by atoms with E-state index in [-0.39, 0.29) is 18.6 Å². The first-order valence-electron chi connectivity index (χ1n) is 9.10. The molecular formula is C20H22BrN3O3. The van der Waals surface area contributed by atoms with Gasteiger partial charge in [0.2, 0.25) is 0 Å². The second-order valence-corrected chi connectivity index (χ2v) is 7.79. The highest BCUT2D eigenvalue weighted by Gasteiger charge is 2.43. The van der Waals surface area contributed by atoms with E-state index in [1.54, 1.807) is 0 Å². The van der Waals surface area contributed by atoms with Crippen LogP contribution in [0, 0.1) is 0 Å². The number of hydrogen-bond acceptors (Lipinski definition) is 6. The highest BCUT2D eigenvalue weighted by Crippen LogP contribution is 2.37. The second kappa shape index (κ2) is 7.67. The fourth-order valence-corrected chi connectivity index (χ4v) is 4.24. The number of aromatic nitrogens is 1. The molecular weight excluding hydrogens is 410 g/mol. The highest BCUT2D eigenvalue weighted by atomic mass is 79.9. The summed E-state index contributed by atoms with van der Waals surface area (Å²) in [5.41, 5.74) is 1.91. The number of nitrogens with zero attached hydrogens (tertiary/aromatic N) is 2. The molecule has 2 saturated heterocycles. The molecule has 2 atom stereocenters. The van der Waals surface area contributed by atoms with Gasteiger partial charge in [-0.05, 0) is 45.8 Å². The molecule has 0 aliphatic carbocycles. The molecule has 142 valence electrons. The monoisotopic (exact) mass is 431 g/mol. The molecule has 0 saturated carbocycles. The number of piperidine rings is 1. The van der Waals surface area contributed by atoms with Crippen molar-refractivity contribution in [3.8, 4) is 0 Å². The third-order valence-electron chi connectivity index (χ3n) is 5.19. The molecule has 0 radical (unpaired) electrons. The van der Waals surface area contributed by atoms with Crippen LogP contribution in [-0.4, -0.2) is 48.4 Å². The minimum absolute atomic E-state index is 0.0141. The minimum Gasteiger partial charge on any atom is -0.378 e. The average Bonchev–Trinajstić information content (AvgIpc) is 2.68. The Labute approximate surface area is 166 Å². The third kappa shape index (κ3) is 3.78. The van der Waals surface area contributed by atoms with E-state index in [1.165, 1.54) is 0 Å². The molecule has 7 heteroatoms. The van der Waals surface area contributed by atoms with Gasteiger partial charge in [0.1, 0.15) is 16.6 Å². The largest absolute Gasteiger partial charge is 0.378 e. The van der Waals surface area contributed by atoms with Gasteiger partial charge in [0.05, 0.1) is 24.4 Å². The Hall–Kier alpha value is -1.80. The fourth-order valence-electron chi connectivity index (χ4n) is 3.89. The van der Waals surface area contributed by atoms with E-state index in [9.17, 15) is 9.90 Å². The van der Waals surface area contributed by atoms with E-state index in [1.807, 2.05) is 30.3 Å².